The fourth-order valence-corrected chi connectivity index (χ4v) is 93.1. The Morgan fingerprint density at radius 1 is 0.944 bits per heavy atom. The molecular formula is C15H22BrFeN. The largest absolute Gasteiger partial charge is 1.00 e. The van der Waals surface area contributed by atoms with Crippen LogP contribution in [0.25, 0.3) is 0 Å². The molecule has 10 fully saturated rings. The van der Waals surface area contributed by atoms with Crippen molar-refractivity contribution in [1.29, 1.82) is 0 Å². The van der Waals surface area contributed by atoms with Crippen LogP contribution in [0.15, 0.2) is 0 Å². The Kier molecular flexibility index (Phi) is 0.327. The summed E-state index contributed by atoms with van der Waals surface area (Å²) in [6.45, 7) is -0.120. The van der Waals surface area contributed by atoms with Crippen LogP contribution in [0.3, 0.4) is 0 Å². The number of rotatable bonds is 3. The molecule has 5 unspecified atom stereocenters. The van der Waals surface area contributed by atoms with E-state index in [4.69, 9.17) is 0 Å². The van der Waals surface area contributed by atoms with Crippen LogP contribution in [0.1, 0.15) is 13.3 Å². The molecule has 102 valence electrons. The van der Waals surface area contributed by atoms with E-state index in [2.05, 4.69) is 21.0 Å². The summed E-state index contributed by atoms with van der Waals surface area (Å²) >= 11 is 0. The fourth-order valence-electron chi connectivity index (χ4n) is 17.9. The Morgan fingerprint density at radius 2 is 1.39 bits per heavy atom. The van der Waals surface area contributed by atoms with Gasteiger partial charge in [0.1, 0.15) is 0 Å². The van der Waals surface area contributed by atoms with Crippen molar-refractivity contribution in [1.82, 2.24) is 0 Å². The number of quaternary nitrogens is 1. The fraction of sp³-hybridized carbons (Fsp3) is 1.00. The van der Waals surface area contributed by atoms with Gasteiger partial charge in [0.25, 0.3) is 0 Å². The summed E-state index contributed by atoms with van der Waals surface area (Å²) in [5, 5.41) is 0. The third-order valence-electron chi connectivity index (χ3n) is 16.6. The summed E-state index contributed by atoms with van der Waals surface area (Å²) in [5.74, 6) is 0. The summed E-state index contributed by atoms with van der Waals surface area (Å²) in [4.78, 5) is 15.5. The Labute approximate surface area is 109 Å². The molecule has 0 radical (unpaired) electrons. The number of nitrogens with one attached hydrogen (secondary N) is 1. The summed E-state index contributed by atoms with van der Waals surface area (Å²) in [7, 11) is 4.80. The first kappa shape index (κ1) is 8.41. The Balaban J connectivity index is 0.000000676. The summed E-state index contributed by atoms with van der Waals surface area (Å²) < 4.78 is 1.18. The van der Waals surface area contributed by atoms with Gasteiger partial charge in [0, 0.05) is 0 Å². The van der Waals surface area contributed by atoms with Gasteiger partial charge in [-0.05, 0) is 0 Å². The molecule has 10 aliphatic heterocycles. The molecule has 1 N–H and O–H groups in total. The summed E-state index contributed by atoms with van der Waals surface area (Å²) in [6.07, 6.45) is 1.71. The molecule has 5 atom stereocenters. The van der Waals surface area contributed by atoms with Crippen LogP contribution < -0.4 is 21.9 Å². The van der Waals surface area contributed by atoms with Crippen molar-refractivity contribution in [3.63, 3.8) is 0 Å². The summed E-state index contributed by atoms with van der Waals surface area (Å²) in [5.41, 5.74) is 0. The second-order valence-electron chi connectivity index (χ2n) is 12.0. The minimum absolute atomic E-state index is 0. The zero-order chi connectivity index (χ0) is 10.9. The standard InChI is InChI=1S/C10H16N.C5H5.BrH.Fe/c1-9(11(2)3)8-10-6-4-5-7-10;1-2-4-5-3-1;;/h4-7,9H,8H2,1-3H3;1-5H;1H;. The second-order valence-corrected chi connectivity index (χ2v) is 35.7. The van der Waals surface area contributed by atoms with Crippen LogP contribution in [0, 0.1) is 0 Å². The van der Waals surface area contributed by atoms with Crippen LogP contribution in [0.4, 0.5) is 0 Å². The van der Waals surface area contributed by atoms with E-state index < -0.39 is 6.51 Å². The van der Waals surface area contributed by atoms with E-state index in [1.807, 2.05) is 0 Å². The molecule has 1 nitrogen and oxygen atoms in total. The van der Waals surface area contributed by atoms with Gasteiger partial charge in [0.2, 0.25) is 0 Å². The van der Waals surface area contributed by atoms with Crippen molar-refractivity contribution in [2.75, 3.05) is 14.1 Å². The van der Waals surface area contributed by atoms with Crippen molar-refractivity contribution in [3.05, 3.63) is 0 Å². The predicted molar refractivity (Wildman–Crippen MR) is 63.3 cm³/mol. The molecule has 0 amide bonds. The Bertz CT molecular complexity index is 868. The summed E-state index contributed by atoms with van der Waals surface area (Å²) in [6, 6.07) is 0.967. The third kappa shape index (κ3) is 0.0869. The maximum absolute atomic E-state index is 2.68. The molecule has 0 aromatic carbocycles. The van der Waals surface area contributed by atoms with E-state index in [1.54, 1.807) is 11.3 Å². The zero-order valence-corrected chi connectivity index (χ0v) is 13.9. The molecule has 1 spiro atoms. The first-order valence-corrected chi connectivity index (χ1v) is 14.2. The van der Waals surface area contributed by atoms with Gasteiger partial charge >= 0.3 is 92.6 Å². The molecule has 10 heterocycles. The van der Waals surface area contributed by atoms with E-state index in [9.17, 15) is 0 Å². The number of fused-ring (bicyclic) bond motifs is 10. The molecule has 10 saturated heterocycles. The van der Waals surface area contributed by atoms with Gasteiger partial charge in [-0.25, -0.2) is 0 Å². The third-order valence-corrected chi connectivity index (χ3v) is 59.6. The average Bonchev–Trinajstić information content (AvgIpc) is 3.23. The first-order chi connectivity index (χ1) is 7.87. The minimum atomic E-state index is -2.68. The van der Waals surface area contributed by atoms with E-state index >= 15 is 0 Å². The van der Waals surface area contributed by atoms with Gasteiger partial charge in [-0.3, -0.25) is 0 Å². The van der Waals surface area contributed by atoms with Crippen molar-refractivity contribution < 1.29 is 28.4 Å². The second kappa shape index (κ2) is 0.699. The maximum atomic E-state index is 2.56. The smallest absolute Gasteiger partial charge is 1.00 e. The van der Waals surface area contributed by atoms with E-state index in [0.29, 0.717) is 0 Å². The van der Waals surface area contributed by atoms with Gasteiger partial charge in [-0.15, -0.1) is 0 Å². The number of halogens is 1. The molecule has 10 rings (SSSR count). The van der Waals surface area contributed by atoms with E-state index in [-0.39, 0.29) is 17.0 Å². The first-order valence-electron chi connectivity index (χ1n) is 7.89. The number of hydrogen-bond acceptors (Lipinski definition) is 0. The normalized spacial score (nSPS) is 115. The maximum Gasteiger partial charge on any atom is -1.00 e. The quantitative estimate of drug-likeness (QED) is 0.664. The van der Waals surface area contributed by atoms with Crippen LogP contribution in [-0.4, -0.2) is 20.1 Å². The van der Waals surface area contributed by atoms with Gasteiger partial charge in [0.05, 0.1) is 0 Å². The zero-order valence-electron chi connectivity index (χ0n) is 11.2. The molecule has 0 aromatic rings. The molecule has 0 aliphatic carbocycles. The monoisotopic (exact) mass is 351 g/mol. The molecule has 10 aliphatic rings. The minimum Gasteiger partial charge on any atom is -1.00 e. The Morgan fingerprint density at radius 3 is 1.61 bits per heavy atom. The molecule has 0 bridgehead atoms. The molecular weight excluding hydrogens is 330 g/mol. The van der Waals surface area contributed by atoms with Crippen molar-refractivity contribution in [3.8, 4) is 0 Å². The van der Waals surface area contributed by atoms with Crippen molar-refractivity contribution in [2.45, 2.75) is 67.0 Å². The predicted octanol–water partition coefficient (Wildman–Crippen LogP) is -0.327. The SMILES string of the molecule is CC(C[C]12[CH]3[CH]4[CH]5[CH]1[Fe]45321678[CH]2[CH]1[CH]6[CH]7[CH]28)[NH+](C)C.[Br-]. The van der Waals surface area contributed by atoms with Gasteiger partial charge in [-0.1, -0.05) is 0 Å². The van der Waals surface area contributed by atoms with Crippen LogP contribution in [0.2, 0.25) is 47.7 Å². The Hall–Kier alpha value is 0.959. The van der Waals surface area contributed by atoms with Crippen LogP contribution in [-0.2, 0) is 6.51 Å². The van der Waals surface area contributed by atoms with Crippen molar-refractivity contribution in [2.24, 2.45) is 0 Å². The van der Waals surface area contributed by atoms with Crippen molar-refractivity contribution >= 4 is 0 Å². The van der Waals surface area contributed by atoms with E-state index in [1.165, 1.54) is 47.7 Å². The average molecular weight is 352 g/mol. The molecule has 3 heteroatoms. The molecule has 0 saturated carbocycles. The van der Waals surface area contributed by atoms with Gasteiger partial charge < -0.3 is 17.0 Å². The molecule has 18 heavy (non-hydrogen) atoms. The number of hydrogen-bond donors (Lipinski definition) is 1. The van der Waals surface area contributed by atoms with Crippen LogP contribution >= 0.6 is 0 Å². The van der Waals surface area contributed by atoms with Crippen LogP contribution in [0.5, 0.6) is 0 Å². The molecule has 0 aromatic heterocycles. The van der Waals surface area contributed by atoms with E-state index in [0.717, 1.165) is 6.04 Å². The topological polar surface area (TPSA) is 4.44 Å². The van der Waals surface area contributed by atoms with Gasteiger partial charge in [0.15, 0.2) is 0 Å². The van der Waals surface area contributed by atoms with Gasteiger partial charge in [-0.2, -0.15) is 0 Å².